The Hall–Kier alpha value is -2.94. The van der Waals surface area contributed by atoms with Crippen molar-refractivity contribution in [1.29, 1.82) is 0 Å². The van der Waals surface area contributed by atoms with Crippen molar-refractivity contribution in [3.8, 4) is 5.75 Å². The minimum atomic E-state index is -2.29. The van der Waals surface area contributed by atoms with Gasteiger partial charge in [0.2, 0.25) is 0 Å². The maximum Gasteiger partial charge on any atom is 0.411 e. The van der Waals surface area contributed by atoms with Gasteiger partial charge in [-0.15, -0.1) is 0 Å². The van der Waals surface area contributed by atoms with Gasteiger partial charge >= 0.3 is 6.09 Å². The molecule has 6 nitrogen and oxygen atoms in total. The van der Waals surface area contributed by atoms with E-state index >= 15 is 0 Å². The predicted molar refractivity (Wildman–Crippen MR) is 135 cm³/mol. The van der Waals surface area contributed by atoms with Crippen molar-refractivity contribution >= 4 is 30.9 Å². The van der Waals surface area contributed by atoms with Crippen LogP contribution in [-0.2, 0) is 16.0 Å². The third-order valence-electron chi connectivity index (χ3n) is 6.33. The van der Waals surface area contributed by atoms with Crippen LogP contribution in [0.25, 0.3) is 0 Å². The largest absolute Gasteiger partial charge is 0.497 e. The van der Waals surface area contributed by atoms with Gasteiger partial charge in [0.15, 0.2) is 0 Å². The van der Waals surface area contributed by atoms with Crippen molar-refractivity contribution < 1.29 is 27.8 Å². The van der Waals surface area contributed by atoms with Crippen LogP contribution in [0.4, 0.5) is 19.3 Å². The van der Waals surface area contributed by atoms with Gasteiger partial charge < -0.3 is 14.8 Å². The molecule has 1 atom stereocenters. The van der Waals surface area contributed by atoms with E-state index in [1.54, 1.807) is 40.0 Å². The molecule has 35 heavy (non-hydrogen) atoms. The molecule has 0 aliphatic carbocycles. The first-order valence-corrected chi connectivity index (χ1v) is 14.9. The molecule has 2 aromatic carbocycles. The van der Waals surface area contributed by atoms with Crippen LogP contribution in [0.2, 0.25) is 19.1 Å². The number of hydrogen-bond donors (Lipinski definition) is 1. The van der Waals surface area contributed by atoms with E-state index in [-0.39, 0.29) is 17.4 Å². The minimum absolute atomic E-state index is 0.000531. The number of anilines is 1. The highest BCUT2D eigenvalue weighted by atomic mass is 28.3. The van der Waals surface area contributed by atoms with Crippen LogP contribution in [0.3, 0.4) is 0 Å². The summed E-state index contributed by atoms with van der Waals surface area (Å²) in [7, 11) is -0.734. The summed E-state index contributed by atoms with van der Waals surface area (Å²) in [6.45, 7) is 11.2. The van der Waals surface area contributed by atoms with Gasteiger partial charge in [-0.05, 0) is 62.6 Å². The van der Waals surface area contributed by atoms with Crippen molar-refractivity contribution in [1.82, 2.24) is 4.90 Å². The summed E-state index contributed by atoms with van der Waals surface area (Å²) in [5.74, 6) is -1.29. The Morgan fingerprint density at radius 1 is 1.14 bits per heavy atom. The van der Waals surface area contributed by atoms with E-state index in [4.69, 9.17) is 9.47 Å². The second-order valence-corrected chi connectivity index (χ2v) is 15.4. The van der Waals surface area contributed by atoms with E-state index in [9.17, 15) is 18.4 Å². The van der Waals surface area contributed by atoms with Gasteiger partial charge in [0, 0.05) is 17.4 Å². The van der Waals surface area contributed by atoms with Crippen molar-refractivity contribution in [2.45, 2.75) is 64.9 Å². The second kappa shape index (κ2) is 9.97. The van der Waals surface area contributed by atoms with Crippen LogP contribution in [0.15, 0.2) is 30.3 Å². The molecule has 1 N–H and O–H groups in total. The summed E-state index contributed by atoms with van der Waals surface area (Å²) in [5, 5.41) is 2.74. The lowest BCUT2D eigenvalue weighted by molar-refractivity contribution is -0.121. The van der Waals surface area contributed by atoms with Gasteiger partial charge in [0.05, 0.1) is 15.2 Å². The Morgan fingerprint density at radius 3 is 2.31 bits per heavy atom. The molecule has 9 heteroatoms. The number of carbonyl (C=O) groups excluding carboxylic acids is 2. The first-order chi connectivity index (χ1) is 16.3. The van der Waals surface area contributed by atoms with Crippen LogP contribution < -0.4 is 15.2 Å². The molecule has 0 saturated heterocycles. The van der Waals surface area contributed by atoms with Gasteiger partial charge in [0.25, 0.3) is 5.91 Å². The number of carbonyl (C=O) groups is 2. The molecule has 1 heterocycles. The van der Waals surface area contributed by atoms with E-state index < -0.39 is 43.4 Å². The van der Waals surface area contributed by atoms with Gasteiger partial charge in [-0.25, -0.2) is 13.6 Å². The quantitative estimate of drug-likeness (QED) is 0.555. The molecule has 2 amide bonds. The molecular weight excluding hydrogens is 470 g/mol. The minimum Gasteiger partial charge on any atom is -0.497 e. The Kier molecular flexibility index (Phi) is 7.59. The number of rotatable bonds is 5. The van der Waals surface area contributed by atoms with Crippen LogP contribution >= 0.6 is 0 Å². The number of fused-ring (bicyclic) bond motifs is 1. The maximum absolute atomic E-state index is 14.9. The highest BCUT2D eigenvalue weighted by Gasteiger charge is 2.38. The summed E-state index contributed by atoms with van der Waals surface area (Å²) in [6, 6.07) is 7.21. The average Bonchev–Trinajstić information content (AvgIpc) is 2.75. The molecule has 0 bridgehead atoms. The van der Waals surface area contributed by atoms with Crippen molar-refractivity contribution in [2.24, 2.45) is 0 Å². The fourth-order valence-corrected chi connectivity index (χ4v) is 6.00. The topological polar surface area (TPSA) is 67.9 Å². The smallest absolute Gasteiger partial charge is 0.411 e. The fourth-order valence-electron chi connectivity index (χ4n) is 4.21. The van der Waals surface area contributed by atoms with Crippen LogP contribution in [-0.4, -0.2) is 44.2 Å². The third-order valence-corrected chi connectivity index (χ3v) is 9.92. The third kappa shape index (κ3) is 5.83. The molecule has 1 aliphatic heterocycles. The number of ether oxygens (including phenoxy) is 2. The lowest BCUT2D eigenvalue weighted by atomic mass is 9.92. The Labute approximate surface area is 206 Å². The lowest BCUT2D eigenvalue weighted by Crippen LogP contribution is -2.47. The number of nitrogens with zero attached hydrogens (tertiary/aromatic N) is 1. The van der Waals surface area contributed by atoms with Crippen molar-refractivity contribution in [3.05, 3.63) is 53.1 Å². The molecule has 0 radical (unpaired) electrons. The molecule has 1 aliphatic rings. The van der Waals surface area contributed by atoms with Gasteiger partial charge in [-0.2, -0.15) is 0 Å². The number of halogens is 2. The van der Waals surface area contributed by atoms with E-state index in [1.807, 2.05) is 26.1 Å². The first kappa shape index (κ1) is 26.7. The number of methoxy groups -OCH3 is 1. The molecule has 3 rings (SSSR count). The number of hydrogen-bond acceptors (Lipinski definition) is 4. The number of benzene rings is 2. The summed E-state index contributed by atoms with van der Waals surface area (Å²) < 4.78 is 40.7. The van der Waals surface area contributed by atoms with Crippen molar-refractivity contribution in [2.75, 3.05) is 19.0 Å². The van der Waals surface area contributed by atoms with Crippen LogP contribution in [0, 0.1) is 11.6 Å². The molecule has 0 fully saturated rings. The molecule has 0 spiro atoms. The van der Waals surface area contributed by atoms with Gasteiger partial charge in [-0.3, -0.25) is 9.69 Å². The normalized spacial score (nSPS) is 15.9. The predicted octanol–water partition coefficient (Wildman–Crippen LogP) is 5.38. The highest BCUT2D eigenvalue weighted by molar-refractivity contribution is 6.89. The maximum atomic E-state index is 14.9. The van der Waals surface area contributed by atoms with Gasteiger partial charge in [-0.1, -0.05) is 32.1 Å². The zero-order chi connectivity index (χ0) is 26.1. The first-order valence-electron chi connectivity index (χ1n) is 11.7. The molecule has 0 saturated carbocycles. The second-order valence-electron chi connectivity index (χ2n) is 10.4. The van der Waals surface area contributed by atoms with E-state index in [0.717, 1.165) is 17.7 Å². The zero-order valence-corrected chi connectivity index (χ0v) is 22.4. The lowest BCUT2D eigenvalue weighted by Gasteiger charge is -2.37. The van der Waals surface area contributed by atoms with Gasteiger partial charge in [0.1, 0.15) is 29.0 Å². The van der Waals surface area contributed by atoms with Crippen molar-refractivity contribution in [3.63, 3.8) is 0 Å². The number of nitrogens with one attached hydrogen (secondary N) is 1. The van der Waals surface area contributed by atoms with E-state index in [2.05, 4.69) is 5.32 Å². The number of amides is 2. The summed E-state index contributed by atoms with van der Waals surface area (Å²) in [5.41, 5.74) is 0.709. The fraction of sp³-hybridized carbons (Fsp3) is 0.462. The summed E-state index contributed by atoms with van der Waals surface area (Å²) >= 11 is 0. The molecular formula is C26H34F2N2O4Si. The molecule has 190 valence electrons. The average molecular weight is 505 g/mol. The zero-order valence-electron chi connectivity index (χ0n) is 21.4. The molecule has 2 aromatic rings. The molecule has 0 aromatic heterocycles. The van der Waals surface area contributed by atoms with E-state index in [0.29, 0.717) is 23.8 Å². The highest BCUT2D eigenvalue weighted by Crippen LogP contribution is 2.34. The Bertz CT molecular complexity index is 1110. The summed E-state index contributed by atoms with van der Waals surface area (Å²) in [6.07, 6.45) is -0.132. The standard InChI is InChI=1S/C26H34F2N2O4Si/c1-8-35(6,7)23-20(27)14-17(15-21(23)28)29-24(31)22-19-10-9-18(33-5)13-16(19)11-12-30(22)25(32)34-26(2,3)4/h9-10,13-15,22H,8,11-12H2,1-7H3,(H,29,31). The molecule has 1 unspecified atom stereocenters. The van der Waals surface area contributed by atoms with Crippen LogP contribution in [0.1, 0.15) is 44.9 Å². The monoisotopic (exact) mass is 504 g/mol. The SMILES string of the molecule is CC[Si](C)(C)c1c(F)cc(NC(=O)C2c3ccc(OC)cc3CCN2C(=O)OC(C)(C)C)cc1F. The van der Waals surface area contributed by atoms with Crippen LogP contribution in [0.5, 0.6) is 5.75 Å². The van der Waals surface area contributed by atoms with E-state index in [1.165, 1.54) is 4.90 Å². The summed E-state index contributed by atoms with van der Waals surface area (Å²) in [4.78, 5) is 27.8. The Balaban J connectivity index is 1.99. The Morgan fingerprint density at radius 2 is 1.77 bits per heavy atom.